The molecular weight excluding hydrogens is 468 g/mol. The van der Waals surface area contributed by atoms with Gasteiger partial charge in [0.15, 0.2) is 6.10 Å². The topological polar surface area (TPSA) is 106 Å². The van der Waals surface area contributed by atoms with E-state index in [0.29, 0.717) is 4.57 Å². The number of pyridine rings is 1. The van der Waals surface area contributed by atoms with Crippen LogP contribution in [0, 0.1) is 0 Å². The van der Waals surface area contributed by atoms with Crippen molar-refractivity contribution in [1.29, 1.82) is 0 Å². The van der Waals surface area contributed by atoms with E-state index in [1.807, 2.05) is 0 Å². The summed E-state index contributed by atoms with van der Waals surface area (Å²) in [7, 11) is 1.43. The summed E-state index contributed by atoms with van der Waals surface area (Å²) in [6, 6.07) is 5.14. The van der Waals surface area contributed by atoms with Crippen LogP contribution in [-0.4, -0.2) is 45.2 Å². The third-order valence-electron chi connectivity index (χ3n) is 4.79. The number of halogens is 6. The van der Waals surface area contributed by atoms with Gasteiger partial charge in [0.05, 0.1) is 29.5 Å². The number of fused-ring (bicyclic) bond motifs is 1. The minimum atomic E-state index is -4.96. The fourth-order valence-corrected chi connectivity index (χ4v) is 3.09. The van der Waals surface area contributed by atoms with Crippen molar-refractivity contribution in [1.82, 2.24) is 14.5 Å². The first-order valence-corrected chi connectivity index (χ1v) is 9.54. The third-order valence-corrected chi connectivity index (χ3v) is 4.79. The smallest absolute Gasteiger partial charge is 0.404 e. The lowest BCUT2D eigenvalue weighted by Crippen LogP contribution is -2.36. The molecule has 0 aliphatic heterocycles. The predicted molar refractivity (Wildman–Crippen MR) is 113 cm³/mol. The van der Waals surface area contributed by atoms with Crippen molar-refractivity contribution in [3.8, 4) is 11.3 Å². The van der Waals surface area contributed by atoms with Gasteiger partial charge in [-0.2, -0.15) is 26.3 Å². The Morgan fingerprint density at radius 1 is 1.21 bits per heavy atom. The van der Waals surface area contributed by atoms with Crippen LogP contribution in [0.2, 0.25) is 0 Å². The maximum absolute atomic E-state index is 13.0. The predicted octanol–water partition coefficient (Wildman–Crippen LogP) is 3.40. The Morgan fingerprint density at radius 2 is 1.85 bits per heavy atom. The SMILES string of the molecule is CN=CC(=CN)c1nc(-c2ccc(C(F)(F)F)cc2)cc2c(=O)n(CC(O)C(F)(F)F)cnc12. The van der Waals surface area contributed by atoms with Crippen molar-refractivity contribution in [2.75, 3.05) is 7.05 Å². The molecule has 2 aromatic heterocycles. The zero-order valence-corrected chi connectivity index (χ0v) is 17.4. The van der Waals surface area contributed by atoms with E-state index in [1.165, 1.54) is 19.3 Å². The molecule has 0 spiro atoms. The van der Waals surface area contributed by atoms with Crippen molar-refractivity contribution in [3.05, 3.63) is 64.5 Å². The second-order valence-corrected chi connectivity index (χ2v) is 7.10. The number of hydrogen-bond donors (Lipinski definition) is 2. The first-order valence-electron chi connectivity index (χ1n) is 9.54. The summed E-state index contributed by atoms with van der Waals surface area (Å²) in [6.07, 6.45) is -9.09. The lowest BCUT2D eigenvalue weighted by molar-refractivity contribution is -0.207. The zero-order chi connectivity index (χ0) is 25.3. The molecule has 0 amide bonds. The van der Waals surface area contributed by atoms with Gasteiger partial charge in [0.1, 0.15) is 11.2 Å². The van der Waals surface area contributed by atoms with Gasteiger partial charge in [0.2, 0.25) is 0 Å². The van der Waals surface area contributed by atoms with Crippen molar-refractivity contribution in [2.45, 2.75) is 25.0 Å². The van der Waals surface area contributed by atoms with E-state index < -0.39 is 36.1 Å². The van der Waals surface area contributed by atoms with E-state index >= 15 is 0 Å². The van der Waals surface area contributed by atoms with Crippen LogP contribution in [0.1, 0.15) is 11.3 Å². The highest BCUT2D eigenvalue weighted by atomic mass is 19.4. The molecule has 1 unspecified atom stereocenters. The number of benzene rings is 1. The highest BCUT2D eigenvalue weighted by Gasteiger charge is 2.38. The molecule has 180 valence electrons. The fraction of sp³-hybridized carbons (Fsp3) is 0.238. The second-order valence-electron chi connectivity index (χ2n) is 7.10. The average Bonchev–Trinajstić information content (AvgIpc) is 2.77. The molecule has 2 heterocycles. The fourth-order valence-electron chi connectivity index (χ4n) is 3.09. The molecule has 34 heavy (non-hydrogen) atoms. The molecule has 0 aliphatic carbocycles. The molecule has 3 rings (SSSR count). The number of aliphatic hydroxyl groups is 1. The van der Waals surface area contributed by atoms with E-state index in [2.05, 4.69) is 15.0 Å². The molecule has 0 saturated heterocycles. The minimum Gasteiger partial charge on any atom is -0.404 e. The molecule has 3 N–H and O–H groups in total. The van der Waals surface area contributed by atoms with Gasteiger partial charge in [0.25, 0.3) is 5.56 Å². The molecule has 7 nitrogen and oxygen atoms in total. The summed E-state index contributed by atoms with van der Waals surface area (Å²) in [5.41, 5.74) is 4.29. The number of aromatic nitrogens is 3. The van der Waals surface area contributed by atoms with Gasteiger partial charge in [-0.3, -0.25) is 14.4 Å². The summed E-state index contributed by atoms with van der Waals surface area (Å²) in [6.45, 7) is -1.10. The highest BCUT2D eigenvalue weighted by molar-refractivity contribution is 6.13. The Morgan fingerprint density at radius 3 is 2.38 bits per heavy atom. The molecule has 0 radical (unpaired) electrons. The van der Waals surface area contributed by atoms with E-state index in [4.69, 9.17) is 5.73 Å². The number of allylic oxidation sites excluding steroid dienone is 1. The van der Waals surface area contributed by atoms with Crippen LogP contribution in [0.25, 0.3) is 27.7 Å². The van der Waals surface area contributed by atoms with E-state index in [1.54, 1.807) is 0 Å². The van der Waals surface area contributed by atoms with E-state index in [0.717, 1.165) is 36.8 Å². The van der Waals surface area contributed by atoms with Gasteiger partial charge in [-0.1, -0.05) is 12.1 Å². The highest BCUT2D eigenvalue weighted by Crippen LogP contribution is 2.32. The molecule has 0 saturated carbocycles. The van der Waals surface area contributed by atoms with Crippen molar-refractivity contribution >= 4 is 22.7 Å². The normalized spacial score (nSPS) is 14.2. The Balaban J connectivity index is 2.25. The Kier molecular flexibility index (Phi) is 6.77. The lowest BCUT2D eigenvalue weighted by atomic mass is 10.0. The summed E-state index contributed by atoms with van der Waals surface area (Å²) in [4.78, 5) is 25.2. The van der Waals surface area contributed by atoms with E-state index in [9.17, 15) is 36.2 Å². The van der Waals surface area contributed by atoms with Crippen LogP contribution in [0.4, 0.5) is 26.3 Å². The molecular formula is C21H17F6N5O2. The van der Waals surface area contributed by atoms with Crippen LogP contribution in [0.15, 0.2) is 52.6 Å². The van der Waals surface area contributed by atoms with Gasteiger partial charge in [-0.25, -0.2) is 9.97 Å². The van der Waals surface area contributed by atoms with Gasteiger partial charge in [-0.15, -0.1) is 0 Å². The molecule has 0 bridgehead atoms. The van der Waals surface area contributed by atoms with Crippen LogP contribution in [0.3, 0.4) is 0 Å². The summed E-state index contributed by atoms with van der Waals surface area (Å²) < 4.78 is 77.6. The standard InChI is InChI=1S/C21H17F6N5O2/c1-29-8-12(7-28)17-18-14(19(34)32(10-30-18)9-16(33)21(25,26)27)6-15(31-17)11-2-4-13(5-3-11)20(22,23)24/h2-8,10,16,33H,9,28H2,1H3. The van der Waals surface area contributed by atoms with Crippen molar-refractivity contribution in [3.63, 3.8) is 0 Å². The molecule has 3 aromatic rings. The number of nitrogens with zero attached hydrogens (tertiary/aromatic N) is 4. The quantitative estimate of drug-likeness (QED) is 0.426. The molecule has 0 aliphatic rings. The Labute approximate surface area is 187 Å². The second kappa shape index (κ2) is 9.25. The number of hydrogen-bond acceptors (Lipinski definition) is 6. The number of aliphatic imine (C=N–C) groups is 1. The number of aliphatic hydroxyl groups excluding tert-OH is 1. The lowest BCUT2D eigenvalue weighted by Gasteiger charge is -2.16. The van der Waals surface area contributed by atoms with Crippen molar-refractivity contribution < 1.29 is 31.4 Å². The minimum absolute atomic E-state index is 0.0185. The van der Waals surface area contributed by atoms with Gasteiger partial charge >= 0.3 is 12.4 Å². The Hall–Kier alpha value is -3.74. The van der Waals surface area contributed by atoms with Gasteiger partial charge in [0, 0.05) is 30.6 Å². The van der Waals surface area contributed by atoms with Crippen LogP contribution in [0.5, 0.6) is 0 Å². The number of rotatable bonds is 5. The summed E-state index contributed by atoms with van der Waals surface area (Å²) >= 11 is 0. The van der Waals surface area contributed by atoms with E-state index in [-0.39, 0.29) is 33.4 Å². The molecule has 1 atom stereocenters. The van der Waals surface area contributed by atoms with Crippen molar-refractivity contribution in [2.24, 2.45) is 10.7 Å². The number of alkyl halides is 6. The maximum Gasteiger partial charge on any atom is 0.416 e. The molecule has 13 heteroatoms. The number of nitrogens with two attached hydrogens (primary N) is 1. The van der Waals surface area contributed by atoms with Gasteiger partial charge < -0.3 is 10.8 Å². The maximum atomic E-state index is 13.0. The summed E-state index contributed by atoms with van der Waals surface area (Å²) in [5.74, 6) is 0. The third kappa shape index (κ3) is 5.09. The first kappa shape index (κ1) is 24.9. The molecule has 1 aromatic carbocycles. The van der Waals surface area contributed by atoms with Gasteiger partial charge in [-0.05, 0) is 18.2 Å². The summed E-state index contributed by atoms with van der Waals surface area (Å²) in [5, 5.41) is 9.17. The largest absolute Gasteiger partial charge is 0.416 e. The monoisotopic (exact) mass is 485 g/mol. The first-order chi connectivity index (χ1) is 15.9. The Bertz CT molecular complexity index is 1310. The van der Waals surface area contributed by atoms with Crippen LogP contribution < -0.4 is 11.3 Å². The average molecular weight is 485 g/mol. The van der Waals surface area contributed by atoms with Crippen LogP contribution in [-0.2, 0) is 12.7 Å². The zero-order valence-electron chi connectivity index (χ0n) is 17.4. The van der Waals surface area contributed by atoms with Crippen LogP contribution >= 0.6 is 0 Å². The molecule has 0 fully saturated rings.